The number of hydrogen-bond donors (Lipinski definition) is 1. The van der Waals surface area contributed by atoms with E-state index >= 15 is 0 Å². The third-order valence-corrected chi connectivity index (χ3v) is 5.39. The zero-order valence-corrected chi connectivity index (χ0v) is 15.0. The fourth-order valence-corrected chi connectivity index (χ4v) is 4.00. The van der Waals surface area contributed by atoms with Crippen molar-refractivity contribution in [1.82, 2.24) is 5.32 Å². The molecule has 1 N–H and O–H groups in total. The number of thiophene rings is 1. The van der Waals surface area contributed by atoms with Gasteiger partial charge in [0.05, 0.1) is 11.5 Å². The van der Waals surface area contributed by atoms with Crippen LogP contribution in [-0.4, -0.2) is 19.6 Å². The van der Waals surface area contributed by atoms with Crippen LogP contribution < -0.4 is 5.32 Å². The van der Waals surface area contributed by atoms with Crippen molar-refractivity contribution in [2.24, 2.45) is 0 Å². The van der Waals surface area contributed by atoms with E-state index in [2.05, 4.69) is 12.2 Å². The Morgan fingerprint density at radius 3 is 2.68 bits per heavy atom. The highest BCUT2D eigenvalue weighted by Crippen LogP contribution is 2.33. The number of methoxy groups -OCH3 is 1. The summed E-state index contributed by atoms with van der Waals surface area (Å²) in [6.07, 6.45) is 0. The van der Waals surface area contributed by atoms with Gasteiger partial charge in [0.15, 0.2) is 0 Å². The third-order valence-electron chi connectivity index (χ3n) is 4.20. The summed E-state index contributed by atoms with van der Waals surface area (Å²) in [7, 11) is 1.55. The molecule has 0 unspecified atom stereocenters. The van der Waals surface area contributed by atoms with Crippen molar-refractivity contribution in [3.8, 4) is 0 Å². The van der Waals surface area contributed by atoms with Crippen molar-refractivity contribution in [2.75, 3.05) is 13.7 Å². The fraction of sp³-hybridized carbons (Fsp3) is 0.250. The molecule has 0 aliphatic carbocycles. The van der Waals surface area contributed by atoms with E-state index in [-0.39, 0.29) is 24.2 Å². The van der Waals surface area contributed by atoms with Crippen LogP contribution in [0.5, 0.6) is 0 Å². The van der Waals surface area contributed by atoms with Crippen molar-refractivity contribution in [2.45, 2.75) is 19.4 Å². The first kappa shape index (κ1) is 17.6. The summed E-state index contributed by atoms with van der Waals surface area (Å²) >= 11 is 1.30. The van der Waals surface area contributed by atoms with Crippen molar-refractivity contribution in [3.05, 3.63) is 70.4 Å². The maximum absolute atomic E-state index is 14.2. The molecule has 3 nitrogen and oxygen atoms in total. The van der Waals surface area contributed by atoms with E-state index in [1.165, 1.54) is 23.0 Å². The Morgan fingerprint density at radius 1 is 1.20 bits per heavy atom. The predicted octanol–water partition coefficient (Wildman–Crippen LogP) is 4.72. The zero-order chi connectivity index (χ0) is 17.8. The van der Waals surface area contributed by atoms with E-state index in [1.807, 2.05) is 36.4 Å². The van der Waals surface area contributed by atoms with Crippen LogP contribution in [0.3, 0.4) is 0 Å². The van der Waals surface area contributed by atoms with Crippen molar-refractivity contribution in [1.29, 1.82) is 0 Å². The van der Waals surface area contributed by atoms with Crippen LogP contribution in [-0.2, 0) is 11.3 Å². The van der Waals surface area contributed by atoms with Gasteiger partial charge >= 0.3 is 0 Å². The quantitative estimate of drug-likeness (QED) is 0.693. The third kappa shape index (κ3) is 3.72. The monoisotopic (exact) mass is 357 g/mol. The molecule has 3 aromatic rings. The van der Waals surface area contributed by atoms with Crippen molar-refractivity contribution < 1.29 is 13.9 Å². The number of rotatable bonds is 6. The Kier molecular flexibility index (Phi) is 5.46. The Morgan fingerprint density at radius 2 is 1.96 bits per heavy atom. The first-order valence-electron chi connectivity index (χ1n) is 8.13. The average Bonchev–Trinajstić information content (AvgIpc) is 3.00. The number of hydrogen-bond acceptors (Lipinski definition) is 3. The molecule has 130 valence electrons. The van der Waals surface area contributed by atoms with Crippen LogP contribution in [0, 0.1) is 5.82 Å². The van der Waals surface area contributed by atoms with Crippen LogP contribution in [0.1, 0.15) is 33.6 Å². The highest BCUT2D eigenvalue weighted by molar-refractivity contribution is 7.21. The van der Waals surface area contributed by atoms with Gasteiger partial charge in [-0.1, -0.05) is 43.3 Å². The lowest BCUT2D eigenvalue weighted by Crippen LogP contribution is -2.27. The lowest BCUT2D eigenvalue weighted by atomic mass is 10.0. The van der Waals surface area contributed by atoms with E-state index < -0.39 is 0 Å². The lowest BCUT2D eigenvalue weighted by Gasteiger charge is -2.13. The van der Waals surface area contributed by atoms with Crippen molar-refractivity contribution >= 4 is 27.3 Å². The largest absolute Gasteiger partial charge is 0.380 e. The SMILES string of the molecule is COCc1c(C(=O)NC[C@H](C)c2ccccc2)sc2cccc(F)c12. The van der Waals surface area contributed by atoms with E-state index in [1.54, 1.807) is 13.2 Å². The summed E-state index contributed by atoms with van der Waals surface area (Å²) in [4.78, 5) is 13.2. The van der Waals surface area contributed by atoms with E-state index in [0.29, 0.717) is 22.4 Å². The average molecular weight is 357 g/mol. The minimum Gasteiger partial charge on any atom is -0.380 e. The number of nitrogens with one attached hydrogen (secondary N) is 1. The Labute approximate surface area is 150 Å². The number of benzene rings is 2. The number of halogens is 1. The van der Waals surface area contributed by atoms with Gasteiger partial charge in [-0.3, -0.25) is 4.79 Å². The minimum absolute atomic E-state index is 0.185. The smallest absolute Gasteiger partial charge is 0.261 e. The number of carbonyl (C=O) groups excluding carboxylic acids is 1. The molecule has 0 fully saturated rings. The number of carbonyl (C=O) groups is 1. The summed E-state index contributed by atoms with van der Waals surface area (Å²) in [5.74, 6) is -0.310. The summed E-state index contributed by atoms with van der Waals surface area (Å²) in [6.45, 7) is 2.79. The first-order valence-corrected chi connectivity index (χ1v) is 8.95. The topological polar surface area (TPSA) is 38.3 Å². The standard InChI is InChI=1S/C20H20FNO2S/c1-13(14-7-4-3-5-8-14)11-22-20(23)19-15(12-24-2)18-16(21)9-6-10-17(18)25-19/h3-10,13H,11-12H2,1-2H3,(H,22,23)/t13-/m0/s1. The molecule has 3 rings (SSSR count). The normalized spacial score (nSPS) is 12.3. The Balaban J connectivity index is 1.82. The van der Waals surface area contributed by atoms with Crippen LogP contribution in [0.25, 0.3) is 10.1 Å². The maximum atomic E-state index is 14.2. The molecule has 5 heteroatoms. The summed E-state index contributed by atoms with van der Waals surface area (Å²) < 4.78 is 20.2. The molecule has 0 radical (unpaired) electrons. The van der Waals surface area contributed by atoms with Gasteiger partial charge in [0.2, 0.25) is 0 Å². The molecule has 0 aliphatic heterocycles. The predicted molar refractivity (Wildman–Crippen MR) is 99.7 cm³/mol. The molecule has 0 saturated carbocycles. The zero-order valence-electron chi connectivity index (χ0n) is 14.2. The van der Waals surface area contributed by atoms with Gasteiger partial charge in [0.1, 0.15) is 5.82 Å². The second-order valence-corrected chi connectivity index (χ2v) is 7.03. The minimum atomic E-state index is -0.322. The first-order chi connectivity index (χ1) is 12.1. The van der Waals surface area contributed by atoms with Gasteiger partial charge in [-0.05, 0) is 23.6 Å². The van der Waals surface area contributed by atoms with Gasteiger partial charge in [-0.2, -0.15) is 0 Å². The molecule has 0 aliphatic rings. The van der Waals surface area contributed by atoms with Crippen LogP contribution >= 0.6 is 11.3 Å². The molecule has 1 aromatic heterocycles. The summed E-state index contributed by atoms with van der Waals surface area (Å²) in [5, 5.41) is 3.45. The molecule has 1 heterocycles. The van der Waals surface area contributed by atoms with Gasteiger partial charge < -0.3 is 10.1 Å². The van der Waals surface area contributed by atoms with Gasteiger partial charge in [0, 0.05) is 29.3 Å². The Bertz CT molecular complexity index is 876. The molecular formula is C20H20FNO2S. The number of fused-ring (bicyclic) bond motifs is 1. The molecule has 0 saturated heterocycles. The molecule has 0 spiro atoms. The van der Waals surface area contributed by atoms with Crippen LogP contribution in [0.2, 0.25) is 0 Å². The maximum Gasteiger partial charge on any atom is 0.261 e. The van der Waals surface area contributed by atoms with E-state index in [0.717, 1.165) is 4.70 Å². The van der Waals surface area contributed by atoms with Crippen LogP contribution in [0.15, 0.2) is 48.5 Å². The fourth-order valence-electron chi connectivity index (χ4n) is 2.86. The van der Waals surface area contributed by atoms with Gasteiger partial charge in [0.25, 0.3) is 5.91 Å². The molecule has 1 amide bonds. The van der Waals surface area contributed by atoms with Gasteiger partial charge in [-0.25, -0.2) is 4.39 Å². The second kappa shape index (κ2) is 7.76. The van der Waals surface area contributed by atoms with Crippen LogP contribution in [0.4, 0.5) is 4.39 Å². The molecule has 1 atom stereocenters. The molecule has 0 bridgehead atoms. The summed E-state index contributed by atoms with van der Waals surface area (Å²) in [6, 6.07) is 14.9. The Hall–Kier alpha value is -2.24. The van der Waals surface area contributed by atoms with Gasteiger partial charge in [-0.15, -0.1) is 11.3 Å². The lowest BCUT2D eigenvalue weighted by molar-refractivity contribution is 0.0951. The second-order valence-electron chi connectivity index (χ2n) is 5.98. The highest BCUT2D eigenvalue weighted by Gasteiger charge is 2.21. The van der Waals surface area contributed by atoms with Crippen molar-refractivity contribution in [3.63, 3.8) is 0 Å². The highest BCUT2D eigenvalue weighted by atomic mass is 32.1. The van der Waals surface area contributed by atoms with E-state index in [4.69, 9.17) is 4.74 Å². The summed E-state index contributed by atoms with van der Waals surface area (Å²) in [5.41, 5.74) is 1.78. The number of ether oxygens (including phenoxy) is 1. The van der Waals surface area contributed by atoms with E-state index in [9.17, 15) is 9.18 Å². The molecule has 2 aromatic carbocycles. The molecular weight excluding hydrogens is 337 g/mol. The number of amides is 1. The molecule has 25 heavy (non-hydrogen) atoms.